The van der Waals surface area contributed by atoms with Crippen LogP contribution in [0.4, 0.5) is 4.79 Å². The third kappa shape index (κ3) is 7.80. The molecule has 0 heterocycles. The highest BCUT2D eigenvalue weighted by Crippen LogP contribution is 2.30. The number of para-hydroxylation sites is 1. The van der Waals surface area contributed by atoms with Crippen LogP contribution in [-0.2, 0) is 14.3 Å². The fourth-order valence-corrected chi connectivity index (χ4v) is 2.92. The van der Waals surface area contributed by atoms with E-state index in [1.165, 1.54) is 12.1 Å². The molecule has 32 heavy (non-hydrogen) atoms. The van der Waals surface area contributed by atoms with E-state index in [4.69, 9.17) is 11.2 Å². The van der Waals surface area contributed by atoms with Crippen molar-refractivity contribution in [2.45, 2.75) is 78.6 Å². The van der Waals surface area contributed by atoms with Gasteiger partial charge in [0.05, 0.1) is 0 Å². The van der Waals surface area contributed by atoms with Crippen molar-refractivity contribution < 1.29 is 24.2 Å². The summed E-state index contributed by atoms with van der Waals surface area (Å²) in [5.41, 5.74) is -1.21. The van der Waals surface area contributed by atoms with Crippen molar-refractivity contribution in [3.8, 4) is 18.2 Å². The first-order valence-electron chi connectivity index (χ1n) is 10.5. The van der Waals surface area contributed by atoms with Crippen molar-refractivity contribution in [2.24, 2.45) is 5.92 Å². The largest absolute Gasteiger partial charge is 0.508 e. The van der Waals surface area contributed by atoms with E-state index in [0.717, 1.165) is 4.90 Å². The van der Waals surface area contributed by atoms with Gasteiger partial charge in [0.2, 0.25) is 5.91 Å². The van der Waals surface area contributed by atoms with Gasteiger partial charge in [-0.3, -0.25) is 14.5 Å². The van der Waals surface area contributed by atoms with Gasteiger partial charge in [0.25, 0.3) is 5.91 Å². The second-order valence-electron chi connectivity index (χ2n) is 9.91. The highest BCUT2D eigenvalue weighted by molar-refractivity contribution is 5.94. The van der Waals surface area contributed by atoms with Gasteiger partial charge >= 0.3 is 6.09 Å². The number of phenolic OH excluding ortho intramolecular Hbond substituents is 1. The lowest BCUT2D eigenvalue weighted by atomic mass is 9.98. The molecule has 0 saturated carbocycles. The maximum atomic E-state index is 13.5. The van der Waals surface area contributed by atoms with E-state index in [1.807, 2.05) is 0 Å². The maximum Gasteiger partial charge on any atom is 0.408 e. The predicted molar refractivity (Wildman–Crippen MR) is 122 cm³/mol. The molecule has 0 aliphatic rings. The second kappa shape index (κ2) is 10.4. The lowest BCUT2D eigenvalue weighted by molar-refractivity contribution is -0.140. The van der Waals surface area contributed by atoms with Crippen LogP contribution in [0.3, 0.4) is 0 Å². The van der Waals surface area contributed by atoms with E-state index < -0.39 is 41.1 Å². The molecule has 8 heteroatoms. The SMILES string of the molecule is C#CN(C(=O)C(NC(=O)OC(C)(C)C)C(C)C)C(C(=O)NC(C)(C)C)c1ccccc1O. The Kier molecular flexibility index (Phi) is 8.72. The Morgan fingerprint density at radius 3 is 2.09 bits per heavy atom. The minimum Gasteiger partial charge on any atom is -0.508 e. The number of hydrogen-bond acceptors (Lipinski definition) is 5. The zero-order chi connectivity index (χ0) is 24.9. The number of ether oxygens (including phenoxy) is 1. The number of carbonyl (C=O) groups is 3. The van der Waals surface area contributed by atoms with Crippen LogP contribution in [0.25, 0.3) is 0 Å². The number of terminal acetylenes is 1. The van der Waals surface area contributed by atoms with Crippen molar-refractivity contribution in [1.82, 2.24) is 15.5 Å². The Morgan fingerprint density at radius 1 is 1.09 bits per heavy atom. The number of aromatic hydroxyl groups is 1. The van der Waals surface area contributed by atoms with Crippen molar-refractivity contribution in [3.63, 3.8) is 0 Å². The van der Waals surface area contributed by atoms with E-state index in [-0.39, 0.29) is 17.2 Å². The standard InChI is InChI=1S/C24H35N3O5/c1-10-27(21(30)18(15(2)3)25-22(31)32-24(7,8)9)19(20(29)26-23(4,5)6)16-13-11-12-14-17(16)28/h1,11-15,18-19,28H,2-9H3,(H,25,31)(H,26,29). The third-order valence-corrected chi connectivity index (χ3v) is 4.22. The van der Waals surface area contributed by atoms with E-state index in [1.54, 1.807) is 67.5 Å². The zero-order valence-electron chi connectivity index (χ0n) is 20.1. The highest BCUT2D eigenvalue weighted by atomic mass is 16.6. The number of nitrogens with zero attached hydrogens (tertiary/aromatic N) is 1. The lowest BCUT2D eigenvalue weighted by Gasteiger charge is -2.33. The number of alkyl carbamates (subject to hydrolysis) is 1. The van der Waals surface area contributed by atoms with E-state index in [2.05, 4.69) is 16.7 Å². The molecule has 2 atom stereocenters. The molecule has 1 aromatic rings. The average Bonchev–Trinajstić information content (AvgIpc) is 2.61. The van der Waals surface area contributed by atoms with Crippen LogP contribution in [-0.4, -0.2) is 45.1 Å². The van der Waals surface area contributed by atoms with Crippen LogP contribution < -0.4 is 10.6 Å². The predicted octanol–water partition coefficient (Wildman–Crippen LogP) is 3.32. The summed E-state index contributed by atoms with van der Waals surface area (Å²) in [7, 11) is 0. The lowest BCUT2D eigenvalue weighted by Crippen LogP contribution is -2.54. The number of hydrogen-bond donors (Lipinski definition) is 3. The summed E-state index contributed by atoms with van der Waals surface area (Å²) in [5, 5.41) is 15.8. The van der Waals surface area contributed by atoms with Crippen LogP contribution in [0.15, 0.2) is 24.3 Å². The first-order chi connectivity index (χ1) is 14.6. The topological polar surface area (TPSA) is 108 Å². The molecule has 8 nitrogen and oxygen atoms in total. The van der Waals surface area contributed by atoms with Gasteiger partial charge in [-0.05, 0) is 53.5 Å². The second-order valence-corrected chi connectivity index (χ2v) is 9.91. The molecule has 0 bridgehead atoms. The molecule has 0 aromatic heterocycles. The van der Waals surface area contributed by atoms with E-state index in [9.17, 15) is 19.5 Å². The summed E-state index contributed by atoms with van der Waals surface area (Å²) < 4.78 is 5.27. The summed E-state index contributed by atoms with van der Waals surface area (Å²) in [5.74, 6) is -1.78. The molecule has 0 spiro atoms. The Bertz CT molecular complexity index is 875. The summed E-state index contributed by atoms with van der Waals surface area (Å²) in [6, 6.07) is 6.06. The van der Waals surface area contributed by atoms with Gasteiger partial charge in [0.1, 0.15) is 17.4 Å². The number of phenols is 1. The van der Waals surface area contributed by atoms with Gasteiger partial charge in [0, 0.05) is 17.1 Å². The first-order valence-corrected chi connectivity index (χ1v) is 10.5. The Hall–Kier alpha value is -3.21. The molecule has 2 unspecified atom stereocenters. The number of amides is 3. The van der Waals surface area contributed by atoms with Gasteiger partial charge in [0.15, 0.2) is 6.04 Å². The smallest absolute Gasteiger partial charge is 0.408 e. The van der Waals surface area contributed by atoms with Crippen LogP contribution in [0, 0.1) is 18.4 Å². The number of carbonyl (C=O) groups excluding carboxylic acids is 3. The first kappa shape index (κ1) is 26.8. The molecule has 3 N–H and O–H groups in total. The molecule has 176 valence electrons. The number of nitrogens with one attached hydrogen (secondary N) is 2. The van der Waals surface area contributed by atoms with E-state index in [0.29, 0.717) is 0 Å². The highest BCUT2D eigenvalue weighted by Gasteiger charge is 2.39. The summed E-state index contributed by atoms with van der Waals surface area (Å²) in [4.78, 5) is 39.9. The van der Waals surface area contributed by atoms with Gasteiger partial charge < -0.3 is 20.5 Å². The van der Waals surface area contributed by atoms with Crippen molar-refractivity contribution >= 4 is 17.9 Å². The monoisotopic (exact) mass is 445 g/mol. The van der Waals surface area contributed by atoms with Crippen molar-refractivity contribution in [2.75, 3.05) is 0 Å². The Morgan fingerprint density at radius 2 is 1.66 bits per heavy atom. The molecular weight excluding hydrogens is 410 g/mol. The van der Waals surface area contributed by atoms with Gasteiger partial charge in [-0.2, -0.15) is 0 Å². The molecule has 1 rings (SSSR count). The van der Waals surface area contributed by atoms with Gasteiger partial charge in [-0.1, -0.05) is 38.5 Å². The number of rotatable bonds is 6. The fraction of sp³-hybridized carbons (Fsp3) is 0.542. The normalized spacial score (nSPS) is 13.5. The number of benzene rings is 1. The minimum atomic E-state index is -1.31. The van der Waals surface area contributed by atoms with Gasteiger partial charge in [-0.15, -0.1) is 0 Å². The van der Waals surface area contributed by atoms with Crippen molar-refractivity contribution in [3.05, 3.63) is 29.8 Å². The maximum absolute atomic E-state index is 13.5. The van der Waals surface area contributed by atoms with Gasteiger partial charge in [-0.25, -0.2) is 4.79 Å². The molecule has 3 amide bonds. The Balaban J connectivity index is 3.40. The molecular formula is C24H35N3O5. The Labute approximate surface area is 190 Å². The summed E-state index contributed by atoms with van der Waals surface area (Å²) >= 11 is 0. The minimum absolute atomic E-state index is 0.167. The van der Waals surface area contributed by atoms with Crippen LogP contribution in [0.5, 0.6) is 5.75 Å². The summed E-state index contributed by atoms with van der Waals surface area (Å²) in [6.07, 6.45) is 4.91. The van der Waals surface area contributed by atoms with Crippen molar-refractivity contribution in [1.29, 1.82) is 0 Å². The zero-order valence-corrected chi connectivity index (χ0v) is 20.1. The molecule has 0 radical (unpaired) electrons. The molecule has 0 saturated heterocycles. The van der Waals surface area contributed by atoms with Crippen LogP contribution in [0.2, 0.25) is 0 Å². The van der Waals surface area contributed by atoms with Crippen LogP contribution >= 0.6 is 0 Å². The van der Waals surface area contributed by atoms with Crippen LogP contribution in [0.1, 0.15) is 67.0 Å². The fourth-order valence-electron chi connectivity index (χ4n) is 2.92. The molecule has 0 aliphatic heterocycles. The molecule has 0 aliphatic carbocycles. The average molecular weight is 446 g/mol. The summed E-state index contributed by atoms with van der Waals surface area (Å²) in [6.45, 7) is 14.0. The molecule has 1 aromatic carbocycles. The molecule has 0 fully saturated rings. The van der Waals surface area contributed by atoms with E-state index >= 15 is 0 Å². The third-order valence-electron chi connectivity index (χ3n) is 4.22. The quantitative estimate of drug-likeness (QED) is 0.460.